The molecule has 1 saturated heterocycles. The summed E-state index contributed by atoms with van der Waals surface area (Å²) in [7, 11) is 0. The van der Waals surface area contributed by atoms with Gasteiger partial charge in [0, 0.05) is 11.5 Å². The Morgan fingerprint density at radius 3 is 2.38 bits per heavy atom. The number of esters is 1. The summed E-state index contributed by atoms with van der Waals surface area (Å²) < 4.78 is 33.4. The van der Waals surface area contributed by atoms with Gasteiger partial charge in [0.05, 0.1) is 12.0 Å². The lowest BCUT2D eigenvalue weighted by atomic mass is 9.86. The minimum atomic E-state index is -0.910. The molecule has 1 aromatic rings. The molecule has 4 unspecified atom stereocenters. The summed E-state index contributed by atoms with van der Waals surface area (Å²) in [5.41, 5.74) is -0.554. The Labute approximate surface area is 201 Å². The van der Waals surface area contributed by atoms with Crippen molar-refractivity contribution in [3.8, 4) is 0 Å². The van der Waals surface area contributed by atoms with Crippen LogP contribution in [-0.2, 0) is 14.3 Å². The van der Waals surface area contributed by atoms with Crippen molar-refractivity contribution in [1.82, 2.24) is 10.2 Å². The molecule has 1 aliphatic heterocycles. The summed E-state index contributed by atoms with van der Waals surface area (Å²) in [6.45, 7) is 11.5. The molecular weight excluding hydrogens is 438 g/mol. The van der Waals surface area contributed by atoms with Crippen LogP contribution in [0.4, 0.5) is 8.78 Å². The van der Waals surface area contributed by atoms with Gasteiger partial charge in [0.2, 0.25) is 5.91 Å². The highest BCUT2D eigenvalue weighted by Gasteiger charge is 2.63. The number of amides is 1. The van der Waals surface area contributed by atoms with Crippen LogP contribution in [0.15, 0.2) is 18.2 Å². The number of hydrogen-bond acceptors (Lipinski definition) is 4. The first-order valence-electron chi connectivity index (χ1n) is 12.6. The molecule has 7 heteroatoms. The highest BCUT2D eigenvalue weighted by atomic mass is 19.2. The van der Waals surface area contributed by atoms with Gasteiger partial charge in [0.1, 0.15) is 5.60 Å². The van der Waals surface area contributed by atoms with E-state index in [0.29, 0.717) is 12.0 Å². The summed E-state index contributed by atoms with van der Waals surface area (Å²) in [5, 5.41) is 3.20. The summed E-state index contributed by atoms with van der Waals surface area (Å²) in [6, 6.07) is 3.42. The first-order chi connectivity index (χ1) is 15.8. The molecule has 4 rings (SSSR count). The molecule has 3 aliphatic rings. The van der Waals surface area contributed by atoms with Crippen LogP contribution in [0.5, 0.6) is 0 Å². The third-order valence-corrected chi connectivity index (χ3v) is 8.09. The molecule has 1 heterocycles. The number of benzene rings is 1. The summed E-state index contributed by atoms with van der Waals surface area (Å²) in [6.07, 6.45) is 5.16. The molecule has 0 bridgehead atoms. The van der Waals surface area contributed by atoms with Crippen LogP contribution in [0.2, 0.25) is 0 Å². The van der Waals surface area contributed by atoms with Crippen LogP contribution >= 0.6 is 0 Å². The van der Waals surface area contributed by atoms with Crippen LogP contribution < -0.4 is 5.32 Å². The molecule has 1 amide bonds. The minimum absolute atomic E-state index is 0.0753. The third kappa shape index (κ3) is 5.00. The Balaban J connectivity index is 1.48. The molecule has 1 aromatic carbocycles. The fourth-order valence-corrected chi connectivity index (χ4v) is 6.03. The molecule has 5 nitrogen and oxygen atoms in total. The highest BCUT2D eigenvalue weighted by Crippen LogP contribution is 2.64. The Kier molecular flexibility index (Phi) is 6.56. The van der Waals surface area contributed by atoms with E-state index < -0.39 is 28.8 Å². The Hall–Kier alpha value is -2.02. The van der Waals surface area contributed by atoms with E-state index in [-0.39, 0.29) is 29.1 Å². The smallest absolute Gasteiger partial charge is 0.310 e. The molecule has 1 spiro atoms. The van der Waals surface area contributed by atoms with E-state index in [2.05, 4.69) is 24.1 Å². The number of nitrogens with zero attached hydrogens (tertiary/aromatic N) is 1. The fourth-order valence-electron chi connectivity index (χ4n) is 6.03. The van der Waals surface area contributed by atoms with Crippen LogP contribution in [0.1, 0.15) is 84.7 Å². The second kappa shape index (κ2) is 8.89. The van der Waals surface area contributed by atoms with Crippen molar-refractivity contribution >= 4 is 11.9 Å². The number of ether oxygens (including phenoxy) is 1. The van der Waals surface area contributed by atoms with Gasteiger partial charge in [0.25, 0.3) is 0 Å². The molecule has 2 aliphatic carbocycles. The van der Waals surface area contributed by atoms with Crippen LogP contribution in [0.3, 0.4) is 0 Å². The molecule has 188 valence electrons. The van der Waals surface area contributed by atoms with E-state index in [0.717, 1.165) is 51.3 Å². The first-order valence-corrected chi connectivity index (χ1v) is 12.6. The molecule has 4 atom stereocenters. The summed E-state index contributed by atoms with van der Waals surface area (Å²) in [4.78, 5) is 28.3. The largest absolute Gasteiger partial charge is 0.460 e. The predicted octanol–water partition coefficient (Wildman–Crippen LogP) is 5.14. The minimum Gasteiger partial charge on any atom is -0.460 e. The first kappa shape index (κ1) is 25.1. The summed E-state index contributed by atoms with van der Waals surface area (Å²) in [5.74, 6) is -2.38. The van der Waals surface area contributed by atoms with E-state index in [9.17, 15) is 18.4 Å². The normalized spacial score (nSPS) is 28.2. The van der Waals surface area contributed by atoms with E-state index in [1.54, 1.807) is 6.07 Å². The zero-order valence-corrected chi connectivity index (χ0v) is 21.0. The number of hydrogen-bond donors (Lipinski definition) is 1. The second-order valence-corrected chi connectivity index (χ2v) is 12.1. The Morgan fingerprint density at radius 1 is 1.09 bits per heavy atom. The molecular formula is C27H38F2N2O3. The number of carbonyl (C=O) groups excluding carboxylic acids is 2. The monoisotopic (exact) mass is 476 g/mol. The van der Waals surface area contributed by atoms with Gasteiger partial charge in [-0.05, 0) is 109 Å². The van der Waals surface area contributed by atoms with Gasteiger partial charge in [-0.15, -0.1) is 0 Å². The van der Waals surface area contributed by atoms with Crippen molar-refractivity contribution in [2.75, 3.05) is 13.1 Å². The third-order valence-electron chi connectivity index (χ3n) is 8.09. The number of carbonyl (C=O) groups is 2. The quantitative estimate of drug-likeness (QED) is 0.578. The number of halogens is 2. The van der Waals surface area contributed by atoms with Crippen molar-refractivity contribution in [2.24, 2.45) is 17.3 Å². The van der Waals surface area contributed by atoms with Crippen molar-refractivity contribution in [3.05, 3.63) is 35.4 Å². The van der Waals surface area contributed by atoms with E-state index in [1.165, 1.54) is 6.07 Å². The van der Waals surface area contributed by atoms with Gasteiger partial charge in [-0.3, -0.25) is 14.5 Å². The molecule has 0 radical (unpaired) electrons. The van der Waals surface area contributed by atoms with Gasteiger partial charge < -0.3 is 10.1 Å². The zero-order valence-electron chi connectivity index (χ0n) is 21.0. The van der Waals surface area contributed by atoms with Crippen LogP contribution in [0.25, 0.3) is 0 Å². The van der Waals surface area contributed by atoms with E-state index in [1.807, 2.05) is 20.8 Å². The van der Waals surface area contributed by atoms with Crippen molar-refractivity contribution in [1.29, 1.82) is 0 Å². The summed E-state index contributed by atoms with van der Waals surface area (Å²) >= 11 is 0. The van der Waals surface area contributed by atoms with E-state index in [4.69, 9.17) is 4.74 Å². The standard InChI is InChI=1S/C27H38F2N2O3/c1-25(2,3)34-24(33)19-16-27(19)11-10-18(15-27)23(32)30-22(17-8-9-20(28)21(29)14-17)26(4,5)31-12-6-7-13-31/h8-9,14,18-19,22H,6-7,10-13,15-16H2,1-5H3,(H,30,32). The van der Waals surface area contributed by atoms with Crippen molar-refractivity contribution in [2.45, 2.75) is 90.3 Å². The maximum Gasteiger partial charge on any atom is 0.310 e. The van der Waals surface area contributed by atoms with Crippen molar-refractivity contribution in [3.63, 3.8) is 0 Å². The van der Waals surface area contributed by atoms with Crippen molar-refractivity contribution < 1.29 is 23.1 Å². The lowest BCUT2D eigenvalue weighted by Crippen LogP contribution is -2.53. The average molecular weight is 477 g/mol. The molecule has 2 saturated carbocycles. The second-order valence-electron chi connectivity index (χ2n) is 12.1. The maximum absolute atomic E-state index is 14.1. The van der Waals surface area contributed by atoms with E-state index >= 15 is 0 Å². The van der Waals surface area contributed by atoms with Gasteiger partial charge in [0.15, 0.2) is 11.6 Å². The van der Waals surface area contributed by atoms with Crippen LogP contribution in [0, 0.1) is 28.9 Å². The maximum atomic E-state index is 14.1. The SMILES string of the molecule is CC(C)(C)OC(=O)C1CC12CCC(C(=O)NC(c1ccc(F)c(F)c1)C(C)(C)N1CCCC1)C2. The zero-order chi connectivity index (χ0) is 24.9. The average Bonchev–Trinajstić information content (AvgIpc) is 3.09. The number of nitrogens with one attached hydrogen (secondary N) is 1. The number of likely N-dealkylation sites (tertiary alicyclic amines) is 1. The lowest BCUT2D eigenvalue weighted by molar-refractivity contribution is -0.157. The Morgan fingerprint density at radius 2 is 1.76 bits per heavy atom. The highest BCUT2D eigenvalue weighted by molar-refractivity contribution is 5.81. The molecule has 0 aromatic heterocycles. The number of rotatable bonds is 6. The van der Waals surface area contributed by atoms with Gasteiger partial charge in [-0.1, -0.05) is 6.07 Å². The predicted molar refractivity (Wildman–Crippen MR) is 126 cm³/mol. The van der Waals surface area contributed by atoms with Gasteiger partial charge >= 0.3 is 5.97 Å². The lowest BCUT2D eigenvalue weighted by Gasteiger charge is -2.43. The topological polar surface area (TPSA) is 58.6 Å². The van der Waals surface area contributed by atoms with Gasteiger partial charge in [-0.25, -0.2) is 8.78 Å². The fraction of sp³-hybridized carbons (Fsp3) is 0.704. The van der Waals surface area contributed by atoms with Crippen LogP contribution in [-0.4, -0.2) is 41.0 Å². The molecule has 34 heavy (non-hydrogen) atoms. The Bertz CT molecular complexity index is 952. The molecule has 3 fully saturated rings. The van der Waals surface area contributed by atoms with Gasteiger partial charge in [-0.2, -0.15) is 0 Å². The molecule has 1 N–H and O–H groups in total.